The molecular formula is C23H17ClN2O. The molecule has 0 saturated heterocycles. The van der Waals surface area contributed by atoms with Crippen molar-refractivity contribution in [3.8, 4) is 11.3 Å². The van der Waals surface area contributed by atoms with E-state index in [1.54, 1.807) is 0 Å². The summed E-state index contributed by atoms with van der Waals surface area (Å²) in [7, 11) is 0. The smallest absolute Gasteiger partial charge is 0.259 e. The number of para-hydroxylation sites is 1. The Bertz CT molecular complexity index is 1120. The molecule has 1 N–H and O–H groups in total. The number of aromatic nitrogens is 1. The summed E-state index contributed by atoms with van der Waals surface area (Å²) in [5.74, 6) is -0.277. The van der Waals surface area contributed by atoms with Crippen LogP contribution in [0.25, 0.3) is 22.2 Å². The summed E-state index contributed by atoms with van der Waals surface area (Å²) in [4.78, 5) is 17.9. The van der Waals surface area contributed by atoms with Crippen molar-refractivity contribution in [3.05, 3.63) is 95.0 Å². The molecule has 1 heterocycles. The van der Waals surface area contributed by atoms with Crippen molar-refractivity contribution in [3.63, 3.8) is 0 Å². The summed E-state index contributed by atoms with van der Waals surface area (Å²) >= 11 is 6.68. The van der Waals surface area contributed by atoms with E-state index in [1.807, 2.05) is 85.8 Å². The van der Waals surface area contributed by atoms with Crippen LogP contribution in [-0.2, 0) is 0 Å². The third-order valence-corrected chi connectivity index (χ3v) is 4.81. The first-order valence-electron chi connectivity index (χ1n) is 8.65. The van der Waals surface area contributed by atoms with Gasteiger partial charge in [-0.05, 0) is 25.1 Å². The van der Waals surface area contributed by atoms with Gasteiger partial charge in [0.25, 0.3) is 5.91 Å². The van der Waals surface area contributed by atoms with E-state index < -0.39 is 0 Å². The van der Waals surface area contributed by atoms with Crippen molar-refractivity contribution in [1.29, 1.82) is 0 Å². The van der Waals surface area contributed by atoms with Crippen LogP contribution in [0.2, 0.25) is 5.02 Å². The van der Waals surface area contributed by atoms with Crippen LogP contribution in [0.3, 0.4) is 0 Å². The molecule has 1 amide bonds. The number of pyridine rings is 1. The van der Waals surface area contributed by atoms with E-state index in [0.29, 0.717) is 22.0 Å². The first kappa shape index (κ1) is 17.3. The van der Waals surface area contributed by atoms with Crippen molar-refractivity contribution >= 4 is 34.1 Å². The molecule has 0 aliphatic heterocycles. The second-order valence-corrected chi connectivity index (χ2v) is 6.73. The van der Waals surface area contributed by atoms with E-state index in [-0.39, 0.29) is 5.91 Å². The van der Waals surface area contributed by atoms with Gasteiger partial charge in [0.2, 0.25) is 0 Å². The summed E-state index contributed by atoms with van der Waals surface area (Å²) in [6.45, 7) is 2.00. The molecule has 0 radical (unpaired) electrons. The predicted molar refractivity (Wildman–Crippen MR) is 111 cm³/mol. The quantitative estimate of drug-likeness (QED) is 0.471. The molecule has 4 aromatic rings. The van der Waals surface area contributed by atoms with E-state index in [0.717, 1.165) is 22.0 Å². The van der Waals surface area contributed by atoms with Crippen LogP contribution in [-0.4, -0.2) is 10.9 Å². The molecule has 0 unspecified atom stereocenters. The van der Waals surface area contributed by atoms with Gasteiger partial charge in [-0.2, -0.15) is 0 Å². The maximum Gasteiger partial charge on any atom is 0.259 e. The molecular weight excluding hydrogens is 356 g/mol. The number of halogens is 1. The highest BCUT2D eigenvalue weighted by molar-refractivity contribution is 6.39. The average molecular weight is 373 g/mol. The summed E-state index contributed by atoms with van der Waals surface area (Å²) in [5, 5.41) is 4.10. The minimum atomic E-state index is -0.277. The van der Waals surface area contributed by atoms with Crippen molar-refractivity contribution in [2.24, 2.45) is 0 Å². The van der Waals surface area contributed by atoms with E-state index in [9.17, 15) is 4.79 Å². The van der Waals surface area contributed by atoms with Gasteiger partial charge in [0.1, 0.15) is 0 Å². The first-order valence-corrected chi connectivity index (χ1v) is 9.03. The number of carbonyl (C=O) groups is 1. The number of anilines is 1. The fourth-order valence-corrected chi connectivity index (χ4v) is 3.35. The maximum atomic E-state index is 13.1. The van der Waals surface area contributed by atoms with Crippen molar-refractivity contribution < 1.29 is 4.79 Å². The van der Waals surface area contributed by atoms with Crippen molar-refractivity contribution in [1.82, 2.24) is 4.98 Å². The highest BCUT2D eigenvalue weighted by Gasteiger charge is 2.21. The number of hydrogen-bond acceptors (Lipinski definition) is 2. The minimum Gasteiger partial charge on any atom is -0.322 e. The summed E-state index contributed by atoms with van der Waals surface area (Å²) < 4.78 is 0. The molecule has 3 nitrogen and oxygen atoms in total. The zero-order valence-corrected chi connectivity index (χ0v) is 15.5. The molecule has 3 aromatic carbocycles. The Morgan fingerprint density at radius 3 is 2.30 bits per heavy atom. The van der Waals surface area contributed by atoms with E-state index in [2.05, 4.69) is 5.32 Å². The molecule has 1 aromatic heterocycles. The van der Waals surface area contributed by atoms with Gasteiger partial charge in [-0.15, -0.1) is 0 Å². The summed E-state index contributed by atoms with van der Waals surface area (Å²) in [6, 6.07) is 24.8. The third kappa shape index (κ3) is 3.42. The number of nitrogens with zero attached hydrogens (tertiary/aromatic N) is 1. The van der Waals surface area contributed by atoms with Crippen molar-refractivity contribution in [2.45, 2.75) is 6.92 Å². The highest BCUT2D eigenvalue weighted by atomic mass is 35.5. The van der Waals surface area contributed by atoms with Crippen LogP contribution in [0.1, 0.15) is 15.9 Å². The number of carbonyl (C=O) groups excluding carboxylic acids is 1. The molecule has 0 atom stereocenters. The molecule has 0 aliphatic rings. The molecule has 0 spiro atoms. The molecule has 4 rings (SSSR count). The monoisotopic (exact) mass is 372 g/mol. The van der Waals surface area contributed by atoms with Gasteiger partial charge in [0.15, 0.2) is 0 Å². The lowest BCUT2D eigenvalue weighted by Crippen LogP contribution is -2.15. The number of aryl methyl sites for hydroxylation is 1. The number of amides is 1. The molecule has 132 valence electrons. The SMILES string of the molecule is Cc1ccc(NC(=O)c2c(-c3ccccc3)nc3ccccc3c2Cl)cc1. The standard InChI is InChI=1S/C23H17ClN2O/c1-15-11-13-17(14-12-15)25-23(27)20-21(24)18-9-5-6-10-19(18)26-22(20)16-7-3-2-4-8-16/h2-14H,1H3,(H,25,27). The van der Waals surface area contributed by atoms with Gasteiger partial charge in [-0.1, -0.05) is 77.8 Å². The zero-order valence-electron chi connectivity index (χ0n) is 14.7. The maximum absolute atomic E-state index is 13.1. The molecule has 0 saturated carbocycles. The van der Waals surface area contributed by atoms with Gasteiger partial charge in [0, 0.05) is 16.6 Å². The number of hydrogen-bond donors (Lipinski definition) is 1. The lowest BCUT2D eigenvalue weighted by Gasteiger charge is -2.14. The Balaban J connectivity index is 1.88. The zero-order chi connectivity index (χ0) is 18.8. The second kappa shape index (κ2) is 7.22. The minimum absolute atomic E-state index is 0.277. The summed E-state index contributed by atoms with van der Waals surface area (Å²) in [6.07, 6.45) is 0. The predicted octanol–water partition coefficient (Wildman–Crippen LogP) is 6.12. The molecule has 0 bridgehead atoms. The lowest BCUT2D eigenvalue weighted by atomic mass is 10.0. The first-order chi connectivity index (χ1) is 13.1. The molecule has 0 fully saturated rings. The Labute approximate surface area is 162 Å². The number of rotatable bonds is 3. The van der Waals surface area contributed by atoms with Gasteiger partial charge < -0.3 is 5.32 Å². The number of nitrogens with one attached hydrogen (secondary N) is 1. The largest absolute Gasteiger partial charge is 0.322 e. The Kier molecular flexibility index (Phi) is 4.61. The molecule has 0 aliphatic carbocycles. The van der Waals surface area contributed by atoms with E-state index in [1.165, 1.54) is 0 Å². The molecule has 4 heteroatoms. The van der Waals surface area contributed by atoms with Gasteiger partial charge in [-0.3, -0.25) is 4.79 Å². The van der Waals surface area contributed by atoms with Crippen LogP contribution in [0.4, 0.5) is 5.69 Å². The van der Waals surface area contributed by atoms with E-state index >= 15 is 0 Å². The van der Waals surface area contributed by atoms with Crippen LogP contribution in [0.15, 0.2) is 78.9 Å². The Hall–Kier alpha value is -3.17. The Morgan fingerprint density at radius 2 is 1.56 bits per heavy atom. The van der Waals surface area contributed by atoms with Crippen LogP contribution in [0.5, 0.6) is 0 Å². The fraction of sp³-hybridized carbons (Fsp3) is 0.0435. The van der Waals surface area contributed by atoms with Gasteiger partial charge >= 0.3 is 0 Å². The topological polar surface area (TPSA) is 42.0 Å². The summed E-state index contributed by atoms with van der Waals surface area (Å²) in [5.41, 5.74) is 4.40. The molecule has 27 heavy (non-hydrogen) atoms. The van der Waals surface area contributed by atoms with Crippen LogP contribution < -0.4 is 5.32 Å². The normalized spacial score (nSPS) is 10.7. The van der Waals surface area contributed by atoms with Crippen LogP contribution in [0, 0.1) is 6.92 Å². The third-order valence-electron chi connectivity index (χ3n) is 4.41. The van der Waals surface area contributed by atoms with Crippen LogP contribution >= 0.6 is 11.6 Å². The number of benzene rings is 3. The van der Waals surface area contributed by atoms with Gasteiger partial charge in [0.05, 0.1) is 21.8 Å². The van der Waals surface area contributed by atoms with E-state index in [4.69, 9.17) is 16.6 Å². The second-order valence-electron chi connectivity index (χ2n) is 6.35. The van der Waals surface area contributed by atoms with Gasteiger partial charge in [-0.25, -0.2) is 4.98 Å². The Morgan fingerprint density at radius 1 is 0.889 bits per heavy atom. The lowest BCUT2D eigenvalue weighted by molar-refractivity contribution is 0.102. The van der Waals surface area contributed by atoms with Crippen molar-refractivity contribution in [2.75, 3.05) is 5.32 Å². The fourth-order valence-electron chi connectivity index (χ4n) is 3.01. The highest BCUT2D eigenvalue weighted by Crippen LogP contribution is 2.34. The number of fused-ring (bicyclic) bond motifs is 1. The average Bonchev–Trinajstić information content (AvgIpc) is 2.70.